The second-order valence-corrected chi connectivity index (χ2v) is 26.1. The summed E-state index contributed by atoms with van der Waals surface area (Å²) in [7, 11) is 1.58. The quantitative estimate of drug-likeness (QED) is 0.0393. The molecular formula is C77H73ClFN9O12S. The van der Waals surface area contributed by atoms with Crippen LogP contribution in [0, 0.1) is 18.7 Å². The minimum atomic E-state index is -1.45. The Kier molecular flexibility index (Phi) is 22.1. The van der Waals surface area contributed by atoms with Crippen molar-refractivity contribution >= 4 is 68.8 Å². The van der Waals surface area contributed by atoms with Crippen LogP contribution in [0.4, 0.5) is 19.7 Å². The van der Waals surface area contributed by atoms with Gasteiger partial charge in [-0.2, -0.15) is 0 Å². The van der Waals surface area contributed by atoms with E-state index in [9.17, 15) is 33.5 Å². The number of benzene rings is 7. The van der Waals surface area contributed by atoms with Gasteiger partial charge in [0.25, 0.3) is 0 Å². The standard InChI is InChI=1S/C77H73ClFN9O12S/c1-45(2)68(86-76(93)98-43-60-57-17-9-7-15-55(57)56-16-8-10-18-58(56)60)72(90)83-47(4)71(89)85-52-28-22-48(23-29-52)41-99-77(94)88-36-34-87(35-37-88)38-39-96-63-31-30-54(46(3)67(63)78)65-66-73(81-44-82-74(66)101-69(65)49-24-26-51(79)27-25-49)100-64(75(91)92)40-50-14-6-12-20-61(50)97-42-53-32-33-80-70(84-53)59-19-11-13-21-62(59)95-5/h6-33,44-45,47,60,64,68H,34-43H2,1-5H3,(H,83,90)(H,85,89)(H,86,93)(H,91,92)/t47-,64+,68-/m0/s1. The highest BCUT2D eigenvalue weighted by molar-refractivity contribution is 7.22. The number of anilines is 1. The zero-order valence-electron chi connectivity index (χ0n) is 56.0. The summed E-state index contributed by atoms with van der Waals surface area (Å²) in [4.78, 5) is 89.7. The van der Waals surface area contributed by atoms with Gasteiger partial charge in [-0.3, -0.25) is 14.5 Å². The van der Waals surface area contributed by atoms with Crippen LogP contribution in [0.2, 0.25) is 5.02 Å². The molecule has 24 heteroatoms. The molecule has 2 aliphatic rings. The van der Waals surface area contributed by atoms with Crippen LogP contribution >= 0.6 is 22.9 Å². The number of amides is 4. The van der Waals surface area contributed by atoms with Gasteiger partial charge in [-0.25, -0.2) is 38.7 Å². The number of fused-ring (bicyclic) bond motifs is 4. The molecule has 1 aliphatic heterocycles. The first kappa shape index (κ1) is 69.9. The summed E-state index contributed by atoms with van der Waals surface area (Å²) in [6.45, 7) is 9.91. The minimum absolute atomic E-state index is 0.00197. The zero-order valence-corrected chi connectivity index (χ0v) is 57.6. The molecule has 7 aromatic carbocycles. The summed E-state index contributed by atoms with van der Waals surface area (Å²) in [5.74, 6) is -1.18. The van der Waals surface area contributed by atoms with Crippen molar-refractivity contribution in [3.8, 4) is 67.2 Å². The molecule has 0 saturated carbocycles. The third kappa shape index (κ3) is 16.3. The molecule has 101 heavy (non-hydrogen) atoms. The fourth-order valence-corrected chi connectivity index (χ4v) is 13.7. The number of hydrogen-bond acceptors (Lipinski definition) is 17. The normalized spacial score (nSPS) is 13.7. The molecular weight excluding hydrogens is 1330 g/mol. The van der Waals surface area contributed by atoms with E-state index in [1.54, 1.807) is 112 Å². The number of carboxylic acids is 1. The molecule has 1 fully saturated rings. The highest BCUT2D eigenvalue weighted by atomic mass is 35.5. The first-order valence-electron chi connectivity index (χ1n) is 32.9. The van der Waals surface area contributed by atoms with E-state index in [1.165, 1.54) is 29.8 Å². The van der Waals surface area contributed by atoms with Gasteiger partial charge in [-0.1, -0.05) is 135 Å². The van der Waals surface area contributed by atoms with Gasteiger partial charge in [0, 0.05) is 67.4 Å². The van der Waals surface area contributed by atoms with Gasteiger partial charge in [-0.15, -0.1) is 11.3 Å². The van der Waals surface area contributed by atoms with Crippen LogP contribution in [0.5, 0.6) is 23.1 Å². The summed E-state index contributed by atoms with van der Waals surface area (Å²) >= 11 is 8.51. The van der Waals surface area contributed by atoms with Crippen molar-refractivity contribution in [1.82, 2.24) is 40.4 Å². The Balaban J connectivity index is 0.618. The summed E-state index contributed by atoms with van der Waals surface area (Å²) in [6, 6.07) is 46.9. The monoisotopic (exact) mass is 1400 g/mol. The number of nitrogens with zero attached hydrogens (tertiary/aromatic N) is 6. The Morgan fingerprint density at radius 3 is 2.09 bits per heavy atom. The van der Waals surface area contributed by atoms with Crippen LogP contribution in [0.1, 0.15) is 60.2 Å². The molecule has 1 saturated heterocycles. The average molecular weight is 1400 g/mol. The van der Waals surface area contributed by atoms with Crippen molar-refractivity contribution in [2.45, 2.75) is 71.4 Å². The second-order valence-electron chi connectivity index (χ2n) is 24.7. The highest BCUT2D eigenvalue weighted by Gasteiger charge is 2.33. The van der Waals surface area contributed by atoms with Crippen LogP contribution in [-0.4, -0.2) is 136 Å². The van der Waals surface area contributed by atoms with Crippen LogP contribution < -0.4 is 34.9 Å². The lowest BCUT2D eigenvalue weighted by Crippen LogP contribution is -2.53. The summed E-state index contributed by atoms with van der Waals surface area (Å²) in [6.07, 6.45) is 0.203. The molecule has 3 aromatic heterocycles. The van der Waals surface area contributed by atoms with E-state index < -0.39 is 54.0 Å². The van der Waals surface area contributed by atoms with E-state index >= 15 is 0 Å². The van der Waals surface area contributed by atoms with Gasteiger partial charge in [0.05, 0.1) is 28.8 Å². The fraction of sp³-hybridized carbons (Fsp3) is 0.260. The molecule has 4 N–H and O–H groups in total. The van der Waals surface area contributed by atoms with E-state index in [-0.39, 0.29) is 50.6 Å². The fourth-order valence-electron chi connectivity index (χ4n) is 12.3. The molecule has 0 unspecified atom stereocenters. The number of hydrogen-bond donors (Lipinski definition) is 4. The maximum absolute atomic E-state index is 14.5. The van der Waals surface area contributed by atoms with Crippen molar-refractivity contribution < 1.29 is 61.9 Å². The lowest BCUT2D eigenvalue weighted by atomic mass is 9.96. The number of nitrogens with one attached hydrogen (secondary N) is 3. The van der Waals surface area contributed by atoms with Crippen molar-refractivity contribution in [1.29, 1.82) is 0 Å². The Bertz CT molecular complexity index is 4620. The first-order valence-corrected chi connectivity index (χ1v) is 34.1. The van der Waals surface area contributed by atoms with E-state index in [0.717, 1.165) is 27.8 Å². The van der Waals surface area contributed by atoms with Crippen molar-refractivity contribution in [3.63, 3.8) is 0 Å². The Labute approximate surface area is 591 Å². The van der Waals surface area contributed by atoms with E-state index in [0.29, 0.717) is 121 Å². The number of piperazine rings is 1. The van der Waals surface area contributed by atoms with Crippen LogP contribution in [0.3, 0.4) is 0 Å². The lowest BCUT2D eigenvalue weighted by Gasteiger charge is -2.34. The zero-order chi connectivity index (χ0) is 70.7. The predicted molar refractivity (Wildman–Crippen MR) is 382 cm³/mol. The molecule has 10 aromatic rings. The number of para-hydroxylation sites is 2. The van der Waals surface area contributed by atoms with Gasteiger partial charge < -0.3 is 54.4 Å². The molecule has 0 radical (unpaired) electrons. The second kappa shape index (κ2) is 31.9. The molecule has 518 valence electrons. The number of methoxy groups -OCH3 is 1. The van der Waals surface area contributed by atoms with Gasteiger partial charge in [0.15, 0.2) is 5.82 Å². The molecule has 4 amide bonds. The van der Waals surface area contributed by atoms with Gasteiger partial charge in [0.1, 0.15) is 72.7 Å². The maximum atomic E-state index is 14.5. The maximum Gasteiger partial charge on any atom is 0.410 e. The molecule has 0 bridgehead atoms. The SMILES string of the molecule is COc1ccccc1-c1nccc(COc2ccccc2C[C@@H](Oc2ncnc3sc(-c4ccc(F)cc4)c(-c4ccc(OCCN5CCN(C(=O)OCc6ccc(NC(=O)[C@H](C)NC(=O)[C@@H](NC(=O)OCC7c8ccccc8-c8ccccc87)C(C)C)cc6)CC5)c(Cl)c4C)c23)C(=O)O)n1. The molecule has 21 nitrogen and oxygen atoms in total. The molecule has 4 heterocycles. The largest absolute Gasteiger partial charge is 0.496 e. The van der Waals surface area contributed by atoms with Crippen LogP contribution in [-0.2, 0) is 43.5 Å². The summed E-state index contributed by atoms with van der Waals surface area (Å²) in [5.41, 5.74) is 9.95. The van der Waals surface area contributed by atoms with Crippen molar-refractivity contribution in [2.24, 2.45) is 5.92 Å². The van der Waals surface area contributed by atoms with E-state index in [4.69, 9.17) is 45.0 Å². The number of rotatable bonds is 26. The first-order chi connectivity index (χ1) is 49.0. The van der Waals surface area contributed by atoms with E-state index in [1.807, 2.05) is 73.7 Å². The molecule has 12 rings (SSSR count). The Morgan fingerprint density at radius 1 is 0.703 bits per heavy atom. The Morgan fingerprint density at radius 2 is 1.39 bits per heavy atom. The number of ether oxygens (including phenoxy) is 6. The number of halogens is 2. The average Bonchev–Trinajstić information content (AvgIpc) is 1.62. The number of carboxylic acid groups (broad SMARTS) is 1. The van der Waals surface area contributed by atoms with E-state index in [2.05, 4.69) is 47.9 Å². The predicted octanol–water partition coefficient (Wildman–Crippen LogP) is 13.6. The topological polar surface area (TPSA) is 255 Å². The molecule has 0 spiro atoms. The number of carbonyl (C=O) groups excluding carboxylic acids is 4. The van der Waals surface area contributed by atoms with Gasteiger partial charge in [-0.05, 0) is 124 Å². The summed E-state index contributed by atoms with van der Waals surface area (Å²) in [5, 5.41) is 19.8. The smallest absolute Gasteiger partial charge is 0.410 e. The highest BCUT2D eigenvalue weighted by Crippen LogP contribution is 2.50. The van der Waals surface area contributed by atoms with Crippen molar-refractivity contribution in [2.75, 3.05) is 58.4 Å². The van der Waals surface area contributed by atoms with Gasteiger partial charge in [0.2, 0.25) is 23.8 Å². The van der Waals surface area contributed by atoms with Crippen LogP contribution in [0.15, 0.2) is 176 Å². The molecule has 1 aliphatic carbocycles. The lowest BCUT2D eigenvalue weighted by molar-refractivity contribution is -0.145. The number of aliphatic carboxylic acids is 1. The summed E-state index contributed by atoms with van der Waals surface area (Å²) < 4.78 is 50.4. The number of thiophene rings is 1. The number of carbonyl (C=O) groups is 5. The minimum Gasteiger partial charge on any atom is -0.496 e. The third-order valence-corrected chi connectivity index (χ3v) is 19.3. The number of aromatic nitrogens is 4. The van der Waals surface area contributed by atoms with Gasteiger partial charge >= 0.3 is 18.2 Å². The Hall–Kier alpha value is -11.0. The molecule has 3 atom stereocenters. The number of alkyl carbamates (subject to hydrolysis) is 1. The van der Waals surface area contributed by atoms with Crippen molar-refractivity contribution in [3.05, 3.63) is 221 Å². The third-order valence-electron chi connectivity index (χ3n) is 17.7. The van der Waals surface area contributed by atoms with Crippen LogP contribution in [0.25, 0.3) is 54.3 Å².